The molecule has 1 atom stereocenters. The van der Waals surface area contributed by atoms with Crippen LogP contribution in [0.25, 0.3) is 0 Å². The number of aliphatic carboxylic acids is 1. The molecule has 0 amide bonds. The van der Waals surface area contributed by atoms with Crippen molar-refractivity contribution in [3.8, 4) is 0 Å². The molecule has 8 heteroatoms. The van der Waals surface area contributed by atoms with Gasteiger partial charge < -0.3 is 10.8 Å². The van der Waals surface area contributed by atoms with E-state index in [0.717, 1.165) is 0 Å². The van der Waals surface area contributed by atoms with Gasteiger partial charge in [-0.25, -0.2) is 0 Å². The number of nitrogens with two attached hydrogens (primary N) is 1. The van der Waals surface area contributed by atoms with Crippen molar-refractivity contribution in [1.29, 1.82) is 0 Å². The van der Waals surface area contributed by atoms with Crippen molar-refractivity contribution >= 4 is 28.7 Å². The first-order valence-corrected chi connectivity index (χ1v) is 6.03. The highest BCUT2D eigenvalue weighted by molar-refractivity contribution is 7.85. The summed E-state index contributed by atoms with van der Waals surface area (Å²) in [6, 6.07) is -0.816. The molecule has 1 unspecified atom stereocenters. The lowest BCUT2D eigenvalue weighted by Gasteiger charge is -1.96. The van der Waals surface area contributed by atoms with Gasteiger partial charge in [-0.2, -0.15) is 21.0 Å². The van der Waals surface area contributed by atoms with Crippen molar-refractivity contribution in [2.24, 2.45) is 5.73 Å². The number of carbonyl (C=O) groups is 1. The van der Waals surface area contributed by atoms with Crippen LogP contribution in [0.2, 0.25) is 0 Å². The summed E-state index contributed by atoms with van der Waals surface area (Å²) < 4.78 is 27.6. The van der Waals surface area contributed by atoms with Gasteiger partial charge in [-0.05, 0) is 6.42 Å². The fraction of sp³-hybridized carbons (Fsp3) is 0.833. The zero-order chi connectivity index (χ0) is 11.8. The molecule has 0 aliphatic rings. The topological polar surface area (TPSA) is 118 Å². The molecule has 6 nitrogen and oxygen atoms in total. The van der Waals surface area contributed by atoms with Gasteiger partial charge in [-0.15, -0.1) is 0 Å². The first-order chi connectivity index (χ1) is 6.24. The van der Waals surface area contributed by atoms with E-state index in [1.54, 1.807) is 6.92 Å². The predicted octanol–water partition coefficient (Wildman–Crippen LogP) is -0.388. The van der Waals surface area contributed by atoms with E-state index in [2.05, 4.69) is 12.6 Å². The van der Waals surface area contributed by atoms with Crippen LogP contribution in [0.4, 0.5) is 0 Å². The van der Waals surface area contributed by atoms with Gasteiger partial charge in [-0.1, -0.05) is 6.92 Å². The molecule has 0 aromatic rings. The predicted molar refractivity (Wildman–Crippen MR) is 56.2 cm³/mol. The molecule has 14 heavy (non-hydrogen) atoms. The minimum Gasteiger partial charge on any atom is -0.480 e. The van der Waals surface area contributed by atoms with Crippen LogP contribution in [0, 0.1) is 0 Å². The zero-order valence-electron chi connectivity index (χ0n) is 7.75. The Morgan fingerprint density at radius 3 is 2.00 bits per heavy atom. The molecule has 0 fully saturated rings. The van der Waals surface area contributed by atoms with Gasteiger partial charge in [0, 0.05) is 5.75 Å². The smallest absolute Gasteiger partial charge is 0.321 e. The first kappa shape index (κ1) is 16.1. The summed E-state index contributed by atoms with van der Waals surface area (Å²) in [5.74, 6) is -0.947. The van der Waals surface area contributed by atoms with E-state index >= 15 is 0 Å². The first-order valence-electron chi connectivity index (χ1n) is 3.79. The lowest BCUT2D eigenvalue weighted by atomic mass is 10.4. The van der Waals surface area contributed by atoms with Crippen LogP contribution in [0.5, 0.6) is 0 Å². The standard InChI is InChI=1S/C3H7NO2S.C3H8O3S/c4-2(1-7)3(5)6;1-2-3-7(4,5)6/h2,7H,1,4H2,(H,5,6);2-3H2,1H3,(H,4,5,6). The van der Waals surface area contributed by atoms with E-state index in [0.29, 0.717) is 6.42 Å². The van der Waals surface area contributed by atoms with E-state index in [-0.39, 0.29) is 11.5 Å². The molecule has 86 valence electrons. The second kappa shape index (κ2) is 8.04. The van der Waals surface area contributed by atoms with Crippen molar-refractivity contribution in [1.82, 2.24) is 0 Å². The van der Waals surface area contributed by atoms with Crippen LogP contribution in [-0.2, 0) is 14.9 Å². The molecule has 0 aliphatic heterocycles. The lowest BCUT2D eigenvalue weighted by Crippen LogP contribution is -2.31. The highest BCUT2D eigenvalue weighted by Gasteiger charge is 2.06. The third kappa shape index (κ3) is 14.2. The molecular formula is C6H15NO5S2. The van der Waals surface area contributed by atoms with Crippen molar-refractivity contribution in [2.75, 3.05) is 11.5 Å². The van der Waals surface area contributed by atoms with Gasteiger partial charge >= 0.3 is 5.97 Å². The van der Waals surface area contributed by atoms with Crippen LogP contribution in [-0.4, -0.2) is 41.6 Å². The average molecular weight is 245 g/mol. The van der Waals surface area contributed by atoms with Crippen LogP contribution < -0.4 is 5.73 Å². The monoisotopic (exact) mass is 245 g/mol. The van der Waals surface area contributed by atoms with Gasteiger partial charge in [0.05, 0.1) is 5.75 Å². The van der Waals surface area contributed by atoms with Gasteiger partial charge in [0.15, 0.2) is 0 Å². The van der Waals surface area contributed by atoms with Gasteiger partial charge in [-0.3, -0.25) is 9.35 Å². The third-order valence-electron chi connectivity index (χ3n) is 0.976. The SMILES string of the molecule is CCCS(=O)(=O)O.NC(CS)C(=O)O. The number of hydrogen-bond acceptors (Lipinski definition) is 5. The molecule has 0 heterocycles. The van der Waals surface area contributed by atoms with Gasteiger partial charge in [0.2, 0.25) is 0 Å². The summed E-state index contributed by atoms with van der Waals surface area (Å²) in [5, 5.41) is 8.01. The number of carboxylic acids is 1. The van der Waals surface area contributed by atoms with Gasteiger partial charge in [0.1, 0.15) is 6.04 Å². The number of rotatable bonds is 4. The normalized spacial score (nSPS) is 12.6. The van der Waals surface area contributed by atoms with E-state index in [1.807, 2.05) is 0 Å². The number of carboxylic acid groups (broad SMARTS) is 1. The van der Waals surface area contributed by atoms with E-state index < -0.39 is 22.1 Å². The van der Waals surface area contributed by atoms with Crippen molar-refractivity contribution in [3.05, 3.63) is 0 Å². The molecular weight excluding hydrogens is 230 g/mol. The summed E-state index contributed by atoms with van der Waals surface area (Å²) in [7, 11) is -3.67. The van der Waals surface area contributed by atoms with Crippen LogP contribution >= 0.6 is 12.6 Å². The Morgan fingerprint density at radius 2 is 2.00 bits per heavy atom. The third-order valence-corrected chi connectivity index (χ3v) is 2.29. The fourth-order valence-corrected chi connectivity index (χ4v) is 1.01. The van der Waals surface area contributed by atoms with Crippen molar-refractivity contribution in [3.63, 3.8) is 0 Å². The minimum absolute atomic E-state index is 0.132. The van der Waals surface area contributed by atoms with Crippen molar-refractivity contribution < 1.29 is 22.9 Å². The highest BCUT2D eigenvalue weighted by Crippen LogP contribution is 1.83. The molecule has 0 aliphatic carbocycles. The minimum atomic E-state index is -3.67. The summed E-state index contributed by atoms with van der Waals surface area (Å²) in [6.07, 6.45) is 0.471. The quantitative estimate of drug-likeness (QED) is 0.396. The second-order valence-electron chi connectivity index (χ2n) is 2.41. The highest BCUT2D eigenvalue weighted by atomic mass is 32.2. The fourth-order valence-electron chi connectivity index (χ4n) is 0.336. The second-order valence-corrected chi connectivity index (χ2v) is 4.35. The van der Waals surface area contributed by atoms with Crippen LogP contribution in [0.1, 0.15) is 13.3 Å². The summed E-state index contributed by atoms with van der Waals surface area (Å²) in [5.41, 5.74) is 4.94. The number of hydrogen-bond donors (Lipinski definition) is 4. The Bertz CT molecular complexity index is 251. The lowest BCUT2D eigenvalue weighted by molar-refractivity contribution is -0.137. The molecule has 0 aromatic heterocycles. The maximum atomic E-state index is 9.79. The Hall–Kier alpha value is -0.310. The average Bonchev–Trinajstić information content (AvgIpc) is 2.01. The van der Waals surface area contributed by atoms with Crippen molar-refractivity contribution in [2.45, 2.75) is 19.4 Å². The van der Waals surface area contributed by atoms with Gasteiger partial charge in [0.25, 0.3) is 10.1 Å². The molecule has 4 N–H and O–H groups in total. The largest absolute Gasteiger partial charge is 0.480 e. The Morgan fingerprint density at radius 1 is 1.57 bits per heavy atom. The summed E-state index contributed by atoms with van der Waals surface area (Å²) in [6.45, 7) is 1.69. The zero-order valence-corrected chi connectivity index (χ0v) is 9.46. The van der Waals surface area contributed by atoms with E-state index in [1.165, 1.54) is 0 Å². The molecule has 0 bridgehead atoms. The Kier molecular flexibility index (Phi) is 9.26. The summed E-state index contributed by atoms with van der Waals surface area (Å²) in [4.78, 5) is 9.76. The molecule has 0 spiro atoms. The number of thiol groups is 1. The molecule has 0 aromatic carbocycles. The maximum Gasteiger partial charge on any atom is 0.321 e. The maximum absolute atomic E-state index is 9.79. The van der Waals surface area contributed by atoms with Crippen LogP contribution in [0.3, 0.4) is 0 Å². The molecule has 0 rings (SSSR count). The molecule has 0 saturated heterocycles. The molecule has 0 saturated carbocycles. The molecule has 0 radical (unpaired) electrons. The Labute approximate surface area is 88.6 Å². The summed E-state index contributed by atoms with van der Waals surface area (Å²) >= 11 is 3.65. The van der Waals surface area contributed by atoms with E-state index in [4.69, 9.17) is 15.4 Å². The van der Waals surface area contributed by atoms with E-state index in [9.17, 15) is 13.2 Å². The van der Waals surface area contributed by atoms with Crippen LogP contribution in [0.15, 0.2) is 0 Å². The Balaban J connectivity index is 0.